The standard InChI is InChI=1S/C15H17ClN2S/c16-15-13(17-8-5-14(15)19)4-1-11-6-9-18(10-7-11)12-2-3-12/h5,8,11-12H,2-3,6-7,9-10H2,(H,17,19). The number of piperidine rings is 1. The van der Waals surface area contributed by atoms with Gasteiger partial charge in [0.25, 0.3) is 0 Å². The minimum atomic E-state index is 0.494. The number of aromatic amines is 1. The average Bonchev–Trinajstić information content (AvgIpc) is 3.26. The second kappa shape index (κ2) is 5.66. The number of rotatable bonds is 1. The van der Waals surface area contributed by atoms with Crippen LogP contribution in [0.1, 0.15) is 31.4 Å². The largest absolute Gasteiger partial charge is 0.354 e. The normalized spacial score (nSPS) is 20.9. The predicted octanol–water partition coefficient (Wildman–Crippen LogP) is 3.62. The average molecular weight is 293 g/mol. The summed E-state index contributed by atoms with van der Waals surface area (Å²) in [5, 5.41) is 0.570. The summed E-state index contributed by atoms with van der Waals surface area (Å²) in [4.78, 5) is 5.68. The maximum atomic E-state index is 6.14. The van der Waals surface area contributed by atoms with Gasteiger partial charge in [0, 0.05) is 18.2 Å². The molecule has 1 saturated heterocycles. The molecule has 1 aliphatic heterocycles. The molecular formula is C15H17ClN2S. The van der Waals surface area contributed by atoms with Crippen LogP contribution in [0.5, 0.6) is 0 Å². The van der Waals surface area contributed by atoms with E-state index >= 15 is 0 Å². The smallest absolute Gasteiger partial charge is 0.110 e. The van der Waals surface area contributed by atoms with Gasteiger partial charge in [-0.3, -0.25) is 0 Å². The monoisotopic (exact) mass is 292 g/mol. The molecule has 1 saturated carbocycles. The highest BCUT2D eigenvalue weighted by atomic mass is 35.5. The molecule has 19 heavy (non-hydrogen) atoms. The van der Waals surface area contributed by atoms with E-state index in [1.54, 1.807) is 12.3 Å². The van der Waals surface area contributed by atoms with Crippen LogP contribution in [0.15, 0.2) is 12.3 Å². The van der Waals surface area contributed by atoms with E-state index < -0.39 is 0 Å². The molecule has 0 radical (unpaired) electrons. The Bertz CT molecular complexity index is 572. The van der Waals surface area contributed by atoms with Crippen LogP contribution in [-0.4, -0.2) is 29.0 Å². The molecular weight excluding hydrogens is 276 g/mol. The van der Waals surface area contributed by atoms with Gasteiger partial charge >= 0.3 is 0 Å². The molecule has 1 aromatic rings. The molecule has 1 N–H and O–H groups in total. The minimum absolute atomic E-state index is 0.494. The second-order valence-corrected chi connectivity index (χ2v) is 6.16. The van der Waals surface area contributed by atoms with Gasteiger partial charge in [-0.05, 0) is 50.8 Å². The maximum absolute atomic E-state index is 6.14. The van der Waals surface area contributed by atoms with Gasteiger partial charge in [0.05, 0.1) is 9.53 Å². The van der Waals surface area contributed by atoms with Crippen LogP contribution in [0.25, 0.3) is 0 Å². The van der Waals surface area contributed by atoms with E-state index in [1.807, 2.05) is 0 Å². The van der Waals surface area contributed by atoms with E-state index in [9.17, 15) is 0 Å². The molecule has 1 aliphatic carbocycles. The molecule has 100 valence electrons. The lowest BCUT2D eigenvalue weighted by atomic mass is 9.97. The first-order chi connectivity index (χ1) is 9.24. The van der Waals surface area contributed by atoms with E-state index in [0.29, 0.717) is 15.5 Å². The summed E-state index contributed by atoms with van der Waals surface area (Å²) in [6.45, 7) is 2.39. The minimum Gasteiger partial charge on any atom is -0.354 e. The highest BCUT2D eigenvalue weighted by Gasteiger charge is 2.31. The molecule has 0 aromatic carbocycles. The van der Waals surface area contributed by atoms with Crippen molar-refractivity contribution in [1.29, 1.82) is 0 Å². The molecule has 3 rings (SSSR count). The van der Waals surface area contributed by atoms with Crippen LogP contribution < -0.4 is 0 Å². The highest BCUT2D eigenvalue weighted by molar-refractivity contribution is 7.71. The number of hydrogen-bond acceptors (Lipinski definition) is 2. The first-order valence-corrected chi connectivity index (χ1v) is 7.65. The lowest BCUT2D eigenvalue weighted by Crippen LogP contribution is -2.34. The third kappa shape index (κ3) is 3.20. The Morgan fingerprint density at radius 1 is 1.26 bits per heavy atom. The zero-order valence-electron chi connectivity index (χ0n) is 10.8. The topological polar surface area (TPSA) is 19.0 Å². The Labute approximate surface area is 124 Å². The van der Waals surface area contributed by atoms with Gasteiger partial charge in [-0.2, -0.15) is 0 Å². The number of nitrogens with zero attached hydrogens (tertiary/aromatic N) is 1. The number of nitrogens with one attached hydrogen (secondary N) is 1. The first-order valence-electron chi connectivity index (χ1n) is 6.87. The number of halogens is 1. The van der Waals surface area contributed by atoms with Gasteiger partial charge in [-0.25, -0.2) is 0 Å². The van der Waals surface area contributed by atoms with Gasteiger partial charge < -0.3 is 9.88 Å². The molecule has 2 heterocycles. The fourth-order valence-electron chi connectivity index (χ4n) is 2.57. The summed E-state index contributed by atoms with van der Waals surface area (Å²) in [6.07, 6.45) is 6.94. The van der Waals surface area contributed by atoms with Crippen LogP contribution in [-0.2, 0) is 0 Å². The molecule has 0 bridgehead atoms. The molecule has 1 aromatic heterocycles. The van der Waals surface area contributed by atoms with Gasteiger partial charge in [0.2, 0.25) is 0 Å². The zero-order chi connectivity index (χ0) is 13.2. The van der Waals surface area contributed by atoms with Crippen molar-refractivity contribution in [3.8, 4) is 11.8 Å². The molecule has 2 nitrogen and oxygen atoms in total. The van der Waals surface area contributed by atoms with Crippen molar-refractivity contribution in [2.24, 2.45) is 5.92 Å². The fourth-order valence-corrected chi connectivity index (χ4v) is 2.91. The predicted molar refractivity (Wildman–Crippen MR) is 80.8 cm³/mol. The van der Waals surface area contributed by atoms with Gasteiger partial charge in [-0.15, -0.1) is 0 Å². The molecule has 2 fully saturated rings. The zero-order valence-corrected chi connectivity index (χ0v) is 12.4. The van der Waals surface area contributed by atoms with E-state index in [2.05, 4.69) is 21.7 Å². The van der Waals surface area contributed by atoms with E-state index in [0.717, 1.165) is 11.7 Å². The molecule has 0 amide bonds. The van der Waals surface area contributed by atoms with Crippen LogP contribution in [0.4, 0.5) is 0 Å². The van der Waals surface area contributed by atoms with Gasteiger partial charge in [0.1, 0.15) is 5.69 Å². The Balaban J connectivity index is 1.64. The Kier molecular flexibility index (Phi) is 3.93. The number of pyridine rings is 1. The van der Waals surface area contributed by atoms with Crippen LogP contribution in [0.2, 0.25) is 5.02 Å². The Hall–Kier alpha value is -0.820. The van der Waals surface area contributed by atoms with Crippen LogP contribution in [0.3, 0.4) is 0 Å². The summed E-state index contributed by atoms with van der Waals surface area (Å²) in [5.41, 5.74) is 0.749. The van der Waals surface area contributed by atoms with Crippen molar-refractivity contribution in [2.45, 2.75) is 31.7 Å². The van der Waals surface area contributed by atoms with Crippen molar-refractivity contribution in [3.05, 3.63) is 27.5 Å². The van der Waals surface area contributed by atoms with E-state index in [1.165, 1.54) is 38.8 Å². The Morgan fingerprint density at radius 2 is 2.00 bits per heavy atom. The van der Waals surface area contributed by atoms with Crippen molar-refractivity contribution in [2.75, 3.05) is 13.1 Å². The Morgan fingerprint density at radius 3 is 2.68 bits per heavy atom. The summed E-state index contributed by atoms with van der Waals surface area (Å²) in [6, 6.07) is 2.67. The van der Waals surface area contributed by atoms with E-state index in [4.69, 9.17) is 23.8 Å². The maximum Gasteiger partial charge on any atom is 0.110 e. The summed E-state index contributed by atoms with van der Waals surface area (Å²) in [5.74, 6) is 7.00. The fraction of sp³-hybridized carbons (Fsp3) is 0.533. The van der Waals surface area contributed by atoms with Crippen molar-refractivity contribution < 1.29 is 0 Å². The van der Waals surface area contributed by atoms with E-state index in [-0.39, 0.29) is 0 Å². The van der Waals surface area contributed by atoms with Gasteiger partial charge in [-0.1, -0.05) is 29.7 Å². The first kappa shape index (κ1) is 13.2. The summed E-state index contributed by atoms with van der Waals surface area (Å²) >= 11 is 11.3. The SMILES string of the molecule is S=c1cc[nH]c(C#CC2CCN(C3CC3)CC2)c1Cl. The lowest BCUT2D eigenvalue weighted by molar-refractivity contribution is 0.198. The molecule has 4 heteroatoms. The number of hydrogen-bond donors (Lipinski definition) is 1. The number of likely N-dealkylation sites (tertiary alicyclic amines) is 1. The molecule has 2 aliphatic rings. The lowest BCUT2D eigenvalue weighted by Gasteiger charge is -2.29. The van der Waals surface area contributed by atoms with Crippen molar-refractivity contribution in [1.82, 2.24) is 9.88 Å². The third-order valence-electron chi connectivity index (χ3n) is 3.89. The van der Waals surface area contributed by atoms with Crippen molar-refractivity contribution >= 4 is 23.8 Å². The molecule has 0 spiro atoms. The number of H-pyrrole nitrogens is 1. The van der Waals surface area contributed by atoms with Gasteiger partial charge in [0.15, 0.2) is 0 Å². The molecule has 0 atom stereocenters. The quantitative estimate of drug-likeness (QED) is 0.630. The molecule has 0 unspecified atom stereocenters. The van der Waals surface area contributed by atoms with Crippen molar-refractivity contribution in [3.63, 3.8) is 0 Å². The number of aromatic nitrogens is 1. The summed E-state index contributed by atoms with van der Waals surface area (Å²) in [7, 11) is 0. The third-order valence-corrected chi connectivity index (χ3v) is 4.74. The van der Waals surface area contributed by atoms with Crippen LogP contribution in [0, 0.1) is 22.3 Å². The van der Waals surface area contributed by atoms with Crippen LogP contribution >= 0.6 is 23.8 Å². The second-order valence-electron chi connectivity index (χ2n) is 5.34. The summed E-state index contributed by atoms with van der Waals surface area (Å²) < 4.78 is 0.660. The highest BCUT2D eigenvalue weighted by Crippen LogP contribution is 2.30.